The summed E-state index contributed by atoms with van der Waals surface area (Å²) in [4.78, 5) is 26.5. The van der Waals surface area contributed by atoms with E-state index in [1.54, 1.807) is 4.90 Å². The molecule has 1 saturated heterocycles. The SMILES string of the molecule is CCOc1ccc([C@H]2[C@H](C(=O)NCCO)CCC(=O)N2CC)cc1. The number of nitrogens with zero attached hydrogens (tertiary/aromatic N) is 1. The highest BCUT2D eigenvalue weighted by Gasteiger charge is 2.39. The van der Waals surface area contributed by atoms with Gasteiger partial charge < -0.3 is 20.1 Å². The van der Waals surface area contributed by atoms with Gasteiger partial charge in [-0.1, -0.05) is 12.1 Å². The Kier molecular flexibility index (Phi) is 6.61. The third-order valence-electron chi connectivity index (χ3n) is 4.33. The number of carbonyl (C=O) groups excluding carboxylic acids is 2. The number of rotatable bonds is 7. The van der Waals surface area contributed by atoms with Gasteiger partial charge in [-0.25, -0.2) is 0 Å². The van der Waals surface area contributed by atoms with Gasteiger partial charge in [0.2, 0.25) is 11.8 Å². The first-order chi connectivity index (χ1) is 11.6. The quantitative estimate of drug-likeness (QED) is 0.792. The van der Waals surface area contributed by atoms with Crippen molar-refractivity contribution in [2.24, 2.45) is 5.92 Å². The number of likely N-dealkylation sites (tertiary alicyclic amines) is 1. The molecule has 2 N–H and O–H groups in total. The molecule has 2 atom stereocenters. The van der Waals surface area contributed by atoms with Crippen molar-refractivity contribution in [2.75, 3.05) is 26.3 Å². The maximum absolute atomic E-state index is 12.5. The summed E-state index contributed by atoms with van der Waals surface area (Å²) in [6, 6.07) is 7.29. The molecule has 1 aromatic carbocycles. The molecule has 1 aliphatic rings. The summed E-state index contributed by atoms with van der Waals surface area (Å²) in [5, 5.41) is 11.7. The Hall–Kier alpha value is -2.08. The van der Waals surface area contributed by atoms with Crippen molar-refractivity contribution in [1.29, 1.82) is 0 Å². The van der Waals surface area contributed by atoms with Crippen molar-refractivity contribution in [3.63, 3.8) is 0 Å². The second-order valence-corrected chi connectivity index (χ2v) is 5.79. The van der Waals surface area contributed by atoms with Crippen LogP contribution < -0.4 is 10.1 Å². The number of aliphatic hydroxyl groups excluding tert-OH is 1. The van der Waals surface area contributed by atoms with Crippen LogP contribution in [0.5, 0.6) is 5.75 Å². The Labute approximate surface area is 142 Å². The fraction of sp³-hybridized carbons (Fsp3) is 0.556. The molecule has 2 amide bonds. The molecule has 6 heteroatoms. The molecule has 0 bridgehead atoms. The van der Waals surface area contributed by atoms with Crippen LogP contribution >= 0.6 is 0 Å². The predicted molar refractivity (Wildman–Crippen MR) is 90.6 cm³/mol. The Morgan fingerprint density at radius 1 is 1.33 bits per heavy atom. The third kappa shape index (κ3) is 4.06. The lowest BCUT2D eigenvalue weighted by atomic mass is 9.83. The highest BCUT2D eigenvalue weighted by atomic mass is 16.5. The second kappa shape index (κ2) is 8.68. The van der Waals surface area contributed by atoms with Gasteiger partial charge in [0.1, 0.15) is 5.75 Å². The minimum atomic E-state index is -0.313. The van der Waals surface area contributed by atoms with Crippen molar-refractivity contribution in [3.05, 3.63) is 29.8 Å². The summed E-state index contributed by atoms with van der Waals surface area (Å²) < 4.78 is 5.46. The van der Waals surface area contributed by atoms with Crippen LogP contribution in [0.2, 0.25) is 0 Å². The summed E-state index contributed by atoms with van der Waals surface area (Å²) >= 11 is 0. The maximum atomic E-state index is 12.5. The summed E-state index contributed by atoms with van der Waals surface area (Å²) in [5.74, 6) is 0.413. The van der Waals surface area contributed by atoms with Crippen LogP contribution in [0.25, 0.3) is 0 Å². The van der Waals surface area contributed by atoms with E-state index in [0.717, 1.165) is 11.3 Å². The van der Waals surface area contributed by atoms with Gasteiger partial charge in [0, 0.05) is 19.5 Å². The van der Waals surface area contributed by atoms with Crippen molar-refractivity contribution >= 4 is 11.8 Å². The van der Waals surface area contributed by atoms with Crippen LogP contribution in [0.4, 0.5) is 0 Å². The van der Waals surface area contributed by atoms with Crippen LogP contribution in [0, 0.1) is 5.92 Å². The van der Waals surface area contributed by atoms with Crippen LogP contribution in [0.1, 0.15) is 38.3 Å². The van der Waals surface area contributed by atoms with Crippen LogP contribution in [-0.4, -0.2) is 48.1 Å². The molecule has 24 heavy (non-hydrogen) atoms. The number of amides is 2. The molecule has 0 unspecified atom stereocenters. The van der Waals surface area contributed by atoms with Crippen molar-refractivity contribution in [2.45, 2.75) is 32.7 Å². The molecule has 1 aliphatic heterocycles. The highest BCUT2D eigenvalue weighted by molar-refractivity contribution is 5.85. The van der Waals surface area contributed by atoms with E-state index in [9.17, 15) is 9.59 Å². The van der Waals surface area contributed by atoms with Gasteiger partial charge in [0.25, 0.3) is 0 Å². The molecule has 1 heterocycles. The first-order valence-corrected chi connectivity index (χ1v) is 8.53. The summed E-state index contributed by atoms with van der Waals surface area (Å²) in [7, 11) is 0. The molecule has 0 aliphatic carbocycles. The molecule has 1 fully saturated rings. The molecule has 0 spiro atoms. The number of nitrogens with one attached hydrogen (secondary N) is 1. The van der Waals surface area contributed by atoms with E-state index < -0.39 is 0 Å². The zero-order chi connectivity index (χ0) is 17.5. The molecule has 0 radical (unpaired) electrons. The summed E-state index contributed by atoms with van der Waals surface area (Å²) in [6.45, 7) is 5.13. The van der Waals surface area contributed by atoms with Gasteiger partial charge in [0.15, 0.2) is 0 Å². The lowest BCUT2D eigenvalue weighted by Crippen LogP contribution is -2.48. The Bertz CT molecular complexity index is 559. The average molecular weight is 334 g/mol. The van der Waals surface area contributed by atoms with Crippen molar-refractivity contribution in [3.8, 4) is 5.75 Å². The molecule has 1 aromatic rings. The molecular formula is C18H26N2O4. The lowest BCUT2D eigenvalue weighted by molar-refractivity contribution is -0.143. The van der Waals surface area contributed by atoms with Gasteiger partial charge in [0.05, 0.1) is 25.2 Å². The standard InChI is InChI=1S/C18H26N2O4/c1-3-20-16(22)10-9-15(18(23)19-11-12-21)17(20)13-5-7-14(8-6-13)24-4-2/h5-8,15,17,21H,3-4,9-12H2,1-2H3,(H,19,23)/t15-,17+/m1/s1. The topological polar surface area (TPSA) is 78.9 Å². The number of carbonyl (C=O) groups is 2. The molecule has 0 aromatic heterocycles. The second-order valence-electron chi connectivity index (χ2n) is 5.79. The zero-order valence-corrected chi connectivity index (χ0v) is 14.3. The maximum Gasteiger partial charge on any atom is 0.225 e. The number of aliphatic hydroxyl groups is 1. The van der Waals surface area contributed by atoms with Crippen LogP contribution in [0.15, 0.2) is 24.3 Å². The third-order valence-corrected chi connectivity index (χ3v) is 4.33. The summed E-state index contributed by atoms with van der Waals surface area (Å²) in [6.07, 6.45) is 0.892. The molecule has 132 valence electrons. The predicted octanol–water partition coefficient (Wildman–Crippen LogP) is 1.49. The van der Waals surface area contributed by atoms with Crippen molar-refractivity contribution < 1.29 is 19.4 Å². The van der Waals surface area contributed by atoms with Gasteiger partial charge >= 0.3 is 0 Å². The molecular weight excluding hydrogens is 308 g/mol. The fourth-order valence-corrected chi connectivity index (χ4v) is 3.25. The van der Waals surface area contributed by atoms with Gasteiger partial charge in [-0.15, -0.1) is 0 Å². The van der Waals surface area contributed by atoms with Crippen LogP contribution in [-0.2, 0) is 9.59 Å². The number of hydrogen-bond acceptors (Lipinski definition) is 4. The van der Waals surface area contributed by atoms with E-state index in [1.807, 2.05) is 38.1 Å². The first kappa shape index (κ1) is 18.3. The van der Waals surface area contributed by atoms with E-state index in [0.29, 0.717) is 26.0 Å². The van der Waals surface area contributed by atoms with E-state index in [-0.39, 0.29) is 36.9 Å². The lowest BCUT2D eigenvalue weighted by Gasteiger charge is -2.40. The van der Waals surface area contributed by atoms with Gasteiger partial charge in [-0.3, -0.25) is 9.59 Å². The first-order valence-electron chi connectivity index (χ1n) is 8.53. The number of ether oxygens (including phenoxy) is 1. The fourth-order valence-electron chi connectivity index (χ4n) is 3.25. The number of benzene rings is 1. The number of hydrogen-bond donors (Lipinski definition) is 2. The largest absolute Gasteiger partial charge is 0.494 e. The molecule has 0 saturated carbocycles. The Morgan fingerprint density at radius 2 is 2.04 bits per heavy atom. The van der Waals surface area contributed by atoms with E-state index in [1.165, 1.54) is 0 Å². The van der Waals surface area contributed by atoms with Crippen molar-refractivity contribution in [1.82, 2.24) is 10.2 Å². The van der Waals surface area contributed by atoms with Gasteiger partial charge in [-0.05, 0) is 38.0 Å². The Morgan fingerprint density at radius 3 is 2.62 bits per heavy atom. The minimum Gasteiger partial charge on any atom is -0.494 e. The monoisotopic (exact) mass is 334 g/mol. The van der Waals surface area contributed by atoms with E-state index in [4.69, 9.17) is 9.84 Å². The zero-order valence-electron chi connectivity index (χ0n) is 14.3. The minimum absolute atomic E-state index is 0.0718. The van der Waals surface area contributed by atoms with Gasteiger partial charge in [-0.2, -0.15) is 0 Å². The molecule has 2 rings (SSSR count). The highest BCUT2D eigenvalue weighted by Crippen LogP contribution is 2.37. The number of piperidine rings is 1. The van der Waals surface area contributed by atoms with Crippen LogP contribution in [0.3, 0.4) is 0 Å². The normalized spacial score (nSPS) is 20.8. The average Bonchev–Trinajstić information content (AvgIpc) is 2.60. The van der Waals surface area contributed by atoms with E-state index in [2.05, 4.69) is 5.32 Å². The Balaban J connectivity index is 2.28. The molecule has 6 nitrogen and oxygen atoms in total. The smallest absolute Gasteiger partial charge is 0.225 e. The summed E-state index contributed by atoms with van der Waals surface area (Å²) in [5.41, 5.74) is 0.928. The van der Waals surface area contributed by atoms with E-state index >= 15 is 0 Å².